The molecular weight excluding hydrogens is 271 g/mol. The van der Waals surface area contributed by atoms with Gasteiger partial charge in [-0.15, -0.1) is 4.37 Å². The molecule has 0 aliphatic rings. The molecule has 0 fully saturated rings. The smallest absolute Gasteiger partial charge is 0.691 e. The van der Waals surface area contributed by atoms with E-state index in [4.69, 9.17) is 5.39 Å². The SMILES string of the molecule is N#[N+]c1nc(SC#CSOO[O-])ns1.[Na+]. The predicted molar refractivity (Wildman–Crippen MR) is 48.0 cm³/mol. The second-order valence-electron chi connectivity index (χ2n) is 1.49. The first-order valence-corrected chi connectivity index (χ1v) is 5.17. The fraction of sp³-hybridized carbons (Fsp3) is 0. The van der Waals surface area contributed by atoms with Crippen molar-refractivity contribution in [2.75, 3.05) is 0 Å². The van der Waals surface area contributed by atoms with Crippen molar-refractivity contribution in [1.82, 2.24) is 9.36 Å². The molecule has 0 radical (unpaired) electrons. The topological polar surface area (TPSA) is 95.5 Å². The van der Waals surface area contributed by atoms with E-state index in [1.807, 2.05) is 0 Å². The molecule has 0 saturated carbocycles. The Hall–Kier alpha value is 0.120. The summed E-state index contributed by atoms with van der Waals surface area (Å²) in [4.78, 5) is 6.60. The van der Waals surface area contributed by atoms with Gasteiger partial charge < -0.3 is 5.26 Å². The number of hydrogen-bond acceptors (Lipinski definition) is 9. The van der Waals surface area contributed by atoms with E-state index >= 15 is 0 Å². The van der Waals surface area contributed by atoms with Gasteiger partial charge in [0.15, 0.2) is 0 Å². The van der Waals surface area contributed by atoms with Crippen LogP contribution in [0.1, 0.15) is 0 Å². The van der Waals surface area contributed by atoms with Crippen LogP contribution in [0.2, 0.25) is 0 Å². The van der Waals surface area contributed by atoms with Crippen LogP contribution in [-0.2, 0) is 9.37 Å². The first-order valence-electron chi connectivity index (χ1n) is 2.84. The summed E-state index contributed by atoms with van der Waals surface area (Å²) in [6, 6.07) is 0. The van der Waals surface area contributed by atoms with E-state index in [1.54, 1.807) is 0 Å². The summed E-state index contributed by atoms with van der Waals surface area (Å²) in [7, 11) is 0. The molecule has 15 heavy (non-hydrogen) atoms. The summed E-state index contributed by atoms with van der Waals surface area (Å²) in [5, 5.41) is 26.1. The molecule has 1 aromatic rings. The molecule has 72 valence electrons. The number of nitrogens with zero attached hydrogens (tertiary/aromatic N) is 4. The van der Waals surface area contributed by atoms with E-state index in [-0.39, 0.29) is 34.7 Å². The molecule has 0 aliphatic carbocycles. The Labute approximate surface area is 119 Å². The third-order valence-electron chi connectivity index (χ3n) is 0.770. The molecule has 7 nitrogen and oxygen atoms in total. The Kier molecular flexibility index (Phi) is 9.43. The predicted octanol–water partition coefficient (Wildman–Crippen LogP) is -2.09. The maximum absolute atomic E-state index is 9.32. The molecular formula is C4N4NaO3S3+. The first kappa shape index (κ1) is 15.1. The van der Waals surface area contributed by atoms with Crippen molar-refractivity contribution in [2.45, 2.75) is 5.16 Å². The van der Waals surface area contributed by atoms with Crippen molar-refractivity contribution in [2.24, 2.45) is 0 Å². The molecule has 0 N–H and O–H groups in total. The summed E-state index contributed by atoms with van der Waals surface area (Å²) in [5.41, 5.74) is 0. The molecule has 0 amide bonds. The van der Waals surface area contributed by atoms with Gasteiger partial charge in [-0.2, -0.15) is 4.33 Å². The average Bonchev–Trinajstić information content (AvgIpc) is 2.65. The maximum Gasteiger partial charge on any atom is 1.00 e. The van der Waals surface area contributed by atoms with Gasteiger partial charge in [0.25, 0.3) is 0 Å². The summed E-state index contributed by atoms with van der Waals surface area (Å²) in [6.07, 6.45) is 0. The minimum Gasteiger partial charge on any atom is -0.691 e. The summed E-state index contributed by atoms with van der Waals surface area (Å²) < 4.78 is 7.67. The van der Waals surface area contributed by atoms with E-state index in [1.165, 1.54) is 0 Å². The zero-order chi connectivity index (χ0) is 10.2. The summed E-state index contributed by atoms with van der Waals surface area (Å²) in [5.74, 6) is 0. The third kappa shape index (κ3) is 6.32. The van der Waals surface area contributed by atoms with Crippen LogP contribution in [0.25, 0.3) is 4.98 Å². The van der Waals surface area contributed by atoms with Crippen LogP contribution in [0.5, 0.6) is 0 Å². The van der Waals surface area contributed by atoms with Crippen LogP contribution >= 0.6 is 35.3 Å². The van der Waals surface area contributed by atoms with Crippen molar-refractivity contribution in [1.29, 1.82) is 5.39 Å². The molecule has 0 atom stereocenters. The van der Waals surface area contributed by atoms with Gasteiger partial charge in [0.05, 0.1) is 16.9 Å². The molecule has 0 saturated heterocycles. The molecule has 0 spiro atoms. The number of aromatic nitrogens is 2. The first-order chi connectivity index (χ1) is 6.86. The Morgan fingerprint density at radius 3 is 2.93 bits per heavy atom. The third-order valence-corrected chi connectivity index (χ3v) is 2.49. The zero-order valence-corrected chi connectivity index (χ0v) is 11.7. The Morgan fingerprint density at radius 1 is 1.53 bits per heavy atom. The molecule has 0 aromatic carbocycles. The van der Waals surface area contributed by atoms with Crippen LogP contribution in [0.15, 0.2) is 5.16 Å². The normalized spacial score (nSPS) is 8.27. The van der Waals surface area contributed by atoms with Crippen LogP contribution in [0.4, 0.5) is 5.13 Å². The molecule has 1 aromatic heterocycles. The Morgan fingerprint density at radius 2 is 2.33 bits per heavy atom. The zero-order valence-electron chi connectivity index (χ0n) is 7.24. The van der Waals surface area contributed by atoms with E-state index in [0.717, 1.165) is 23.3 Å². The van der Waals surface area contributed by atoms with Gasteiger partial charge in [0.2, 0.25) is 0 Å². The number of rotatable bonds is 3. The Balaban J connectivity index is 0.00000196. The fourth-order valence-corrected chi connectivity index (χ4v) is 1.67. The second kappa shape index (κ2) is 9.35. The minimum atomic E-state index is 0. The van der Waals surface area contributed by atoms with Crippen LogP contribution < -0.4 is 34.8 Å². The van der Waals surface area contributed by atoms with E-state index < -0.39 is 0 Å². The monoisotopic (exact) mass is 271 g/mol. The van der Waals surface area contributed by atoms with Gasteiger partial charge in [-0.3, -0.25) is 5.04 Å². The van der Waals surface area contributed by atoms with Gasteiger partial charge in [-0.25, -0.2) is 0 Å². The van der Waals surface area contributed by atoms with Crippen molar-refractivity contribution >= 4 is 40.5 Å². The Bertz CT molecular complexity index is 396. The largest absolute Gasteiger partial charge is 1.00 e. The van der Waals surface area contributed by atoms with Crippen molar-refractivity contribution < 1.29 is 44.2 Å². The number of hydrogen-bond donors (Lipinski definition) is 0. The number of thioether (sulfide) groups is 1. The van der Waals surface area contributed by atoms with Gasteiger partial charge in [-0.1, -0.05) is 0 Å². The van der Waals surface area contributed by atoms with Crippen molar-refractivity contribution in [3.05, 3.63) is 4.98 Å². The van der Waals surface area contributed by atoms with Crippen molar-refractivity contribution in [3.63, 3.8) is 0 Å². The van der Waals surface area contributed by atoms with E-state index in [9.17, 15) is 5.26 Å². The van der Waals surface area contributed by atoms with Gasteiger partial charge >= 0.3 is 39.8 Å². The molecule has 1 rings (SSSR count). The van der Waals surface area contributed by atoms with Crippen LogP contribution in [0, 0.1) is 15.9 Å². The summed E-state index contributed by atoms with van der Waals surface area (Å²) >= 11 is 2.49. The van der Waals surface area contributed by atoms with Gasteiger partial charge in [0.1, 0.15) is 12.0 Å². The average molecular weight is 271 g/mol. The minimum absolute atomic E-state index is 0. The molecule has 1 heterocycles. The maximum atomic E-state index is 9.32. The molecule has 0 bridgehead atoms. The quantitative estimate of drug-likeness (QED) is 0.0902. The number of diazo groups is 1. The molecule has 0 unspecified atom stereocenters. The molecule has 0 aliphatic heterocycles. The summed E-state index contributed by atoms with van der Waals surface area (Å²) in [6.45, 7) is 0. The van der Waals surface area contributed by atoms with Crippen molar-refractivity contribution in [3.8, 4) is 10.5 Å². The second-order valence-corrected chi connectivity index (χ2v) is 3.50. The van der Waals surface area contributed by atoms with Crippen LogP contribution in [0.3, 0.4) is 0 Å². The van der Waals surface area contributed by atoms with Gasteiger partial charge in [0, 0.05) is 27.0 Å². The van der Waals surface area contributed by atoms with Crippen LogP contribution in [-0.4, -0.2) is 9.36 Å². The molecule has 11 heteroatoms. The fourth-order valence-electron chi connectivity index (χ4n) is 0.399. The van der Waals surface area contributed by atoms with E-state index in [2.05, 4.69) is 34.2 Å². The van der Waals surface area contributed by atoms with E-state index in [0.29, 0.717) is 17.2 Å². The van der Waals surface area contributed by atoms with Gasteiger partial charge in [-0.05, 0) is 5.25 Å². The standard InChI is InChI=1S/C4N4O3S3.Na/c5-7-3-6-4(8-14-3)12-1-2-13-11-10-9;/q;+1.